The van der Waals surface area contributed by atoms with Crippen LogP contribution in [-0.4, -0.2) is 61.1 Å². The van der Waals surface area contributed by atoms with E-state index in [2.05, 4.69) is 59.0 Å². The Morgan fingerprint density at radius 2 is 1.22 bits per heavy atom. The van der Waals surface area contributed by atoms with E-state index < -0.39 is 0 Å². The van der Waals surface area contributed by atoms with Crippen LogP contribution in [0.2, 0.25) is 0 Å². The molecular formula is C16H28I2O5. The highest BCUT2D eigenvalue weighted by Gasteiger charge is 2.38. The standard InChI is InChI=1S/C16H28I2O5/c1-3-15(7-20-8-15)11-22-13(17)5-19-6-14(18)23-12-16(4-2)9-21-10-16/h13-14H,3-12H2,1-2H3. The molecule has 136 valence electrons. The molecule has 2 atom stereocenters. The molecule has 0 spiro atoms. The molecule has 2 fully saturated rings. The first-order chi connectivity index (χ1) is 11.0. The molecule has 0 amide bonds. The van der Waals surface area contributed by atoms with Gasteiger partial charge in [-0.05, 0) is 58.0 Å². The fraction of sp³-hybridized carbons (Fsp3) is 1.00. The third kappa shape index (κ3) is 6.18. The molecular weight excluding hydrogens is 526 g/mol. The van der Waals surface area contributed by atoms with Crippen LogP contribution in [-0.2, 0) is 23.7 Å². The Labute approximate surface area is 166 Å². The number of hydrogen-bond donors (Lipinski definition) is 0. The lowest BCUT2D eigenvalue weighted by Crippen LogP contribution is -2.46. The second-order valence-electron chi connectivity index (χ2n) is 6.67. The van der Waals surface area contributed by atoms with Gasteiger partial charge in [-0.3, -0.25) is 0 Å². The van der Waals surface area contributed by atoms with Gasteiger partial charge >= 0.3 is 0 Å². The molecule has 7 heteroatoms. The van der Waals surface area contributed by atoms with Crippen LogP contribution in [0.1, 0.15) is 26.7 Å². The Balaban J connectivity index is 1.51. The minimum atomic E-state index is 0.0715. The Hall–Kier alpha value is 1.26. The maximum absolute atomic E-state index is 5.90. The van der Waals surface area contributed by atoms with Crippen molar-refractivity contribution in [2.45, 2.75) is 34.9 Å². The molecule has 0 N–H and O–H groups in total. The average molecular weight is 554 g/mol. The van der Waals surface area contributed by atoms with Crippen LogP contribution in [0.5, 0.6) is 0 Å². The molecule has 2 saturated heterocycles. The van der Waals surface area contributed by atoms with Gasteiger partial charge in [0, 0.05) is 10.8 Å². The molecule has 2 aliphatic heterocycles. The summed E-state index contributed by atoms with van der Waals surface area (Å²) in [6.07, 6.45) is 2.20. The number of rotatable bonds is 12. The van der Waals surface area contributed by atoms with Crippen LogP contribution >= 0.6 is 45.2 Å². The molecule has 2 heterocycles. The lowest BCUT2D eigenvalue weighted by Gasteiger charge is -2.41. The molecule has 0 aromatic heterocycles. The third-order valence-corrected chi connectivity index (χ3v) is 6.21. The predicted molar refractivity (Wildman–Crippen MR) is 105 cm³/mol. The quantitative estimate of drug-likeness (QED) is 0.274. The maximum Gasteiger partial charge on any atom is 0.132 e. The van der Waals surface area contributed by atoms with Crippen LogP contribution in [0.25, 0.3) is 0 Å². The van der Waals surface area contributed by atoms with Crippen LogP contribution < -0.4 is 0 Å². The summed E-state index contributed by atoms with van der Waals surface area (Å²) in [6.45, 7) is 10.4. The summed E-state index contributed by atoms with van der Waals surface area (Å²) < 4.78 is 28.3. The first-order valence-electron chi connectivity index (χ1n) is 8.28. The summed E-state index contributed by atoms with van der Waals surface area (Å²) in [7, 11) is 0. The molecule has 0 radical (unpaired) electrons. The van der Waals surface area contributed by atoms with Gasteiger partial charge in [0.15, 0.2) is 0 Å². The topological polar surface area (TPSA) is 46.2 Å². The zero-order valence-electron chi connectivity index (χ0n) is 14.0. The minimum absolute atomic E-state index is 0.0715. The third-order valence-electron chi connectivity index (χ3n) is 4.77. The van der Waals surface area contributed by atoms with Crippen LogP contribution in [0.3, 0.4) is 0 Å². The molecule has 5 nitrogen and oxygen atoms in total. The zero-order chi connectivity index (χ0) is 16.8. The van der Waals surface area contributed by atoms with Crippen molar-refractivity contribution in [1.82, 2.24) is 0 Å². The molecule has 2 rings (SSSR count). The first-order valence-corrected chi connectivity index (χ1v) is 10.8. The normalized spacial score (nSPS) is 24.5. The fourth-order valence-electron chi connectivity index (χ4n) is 2.44. The van der Waals surface area contributed by atoms with Gasteiger partial charge in [0.1, 0.15) is 8.22 Å². The summed E-state index contributed by atoms with van der Waals surface area (Å²) in [6, 6.07) is 0. The average Bonchev–Trinajstić information content (AvgIpc) is 2.46. The van der Waals surface area contributed by atoms with Crippen molar-refractivity contribution >= 4 is 45.2 Å². The van der Waals surface area contributed by atoms with E-state index in [1.54, 1.807) is 0 Å². The van der Waals surface area contributed by atoms with E-state index >= 15 is 0 Å². The fourth-order valence-corrected chi connectivity index (χ4v) is 3.31. The molecule has 2 aliphatic rings. The highest BCUT2D eigenvalue weighted by atomic mass is 127. The Morgan fingerprint density at radius 3 is 1.48 bits per heavy atom. The highest BCUT2D eigenvalue weighted by Crippen LogP contribution is 2.33. The first kappa shape index (κ1) is 20.6. The Morgan fingerprint density at radius 1 is 0.826 bits per heavy atom. The molecule has 0 aromatic rings. The zero-order valence-corrected chi connectivity index (χ0v) is 18.3. The smallest absolute Gasteiger partial charge is 0.132 e. The molecule has 2 unspecified atom stereocenters. The maximum atomic E-state index is 5.90. The van der Waals surface area contributed by atoms with Crippen molar-refractivity contribution in [3.63, 3.8) is 0 Å². The van der Waals surface area contributed by atoms with Gasteiger partial charge in [-0.15, -0.1) is 0 Å². The van der Waals surface area contributed by atoms with Gasteiger partial charge in [-0.25, -0.2) is 0 Å². The number of halogens is 2. The number of ether oxygens (including phenoxy) is 5. The van der Waals surface area contributed by atoms with Crippen molar-refractivity contribution in [3.05, 3.63) is 0 Å². The number of hydrogen-bond acceptors (Lipinski definition) is 5. The van der Waals surface area contributed by atoms with Crippen molar-refractivity contribution < 1.29 is 23.7 Å². The Kier molecular flexibility index (Phi) is 8.78. The molecule has 0 aliphatic carbocycles. The van der Waals surface area contributed by atoms with Gasteiger partial charge in [0.2, 0.25) is 0 Å². The monoisotopic (exact) mass is 554 g/mol. The van der Waals surface area contributed by atoms with Crippen LogP contribution in [0, 0.1) is 10.8 Å². The van der Waals surface area contributed by atoms with Crippen LogP contribution in [0.15, 0.2) is 0 Å². The van der Waals surface area contributed by atoms with Gasteiger partial charge in [-0.1, -0.05) is 13.8 Å². The molecule has 23 heavy (non-hydrogen) atoms. The van der Waals surface area contributed by atoms with Gasteiger partial charge in [0.05, 0.1) is 52.9 Å². The van der Waals surface area contributed by atoms with E-state index in [-0.39, 0.29) is 19.1 Å². The summed E-state index contributed by atoms with van der Waals surface area (Å²) in [4.78, 5) is 0. The van der Waals surface area contributed by atoms with Crippen molar-refractivity contribution in [3.8, 4) is 0 Å². The SMILES string of the molecule is CCC1(COC(I)COCC(I)OCC2(CC)COC2)COC1. The van der Waals surface area contributed by atoms with E-state index in [0.717, 1.165) is 52.5 Å². The van der Waals surface area contributed by atoms with Gasteiger partial charge in [0.25, 0.3) is 0 Å². The van der Waals surface area contributed by atoms with Crippen molar-refractivity contribution in [1.29, 1.82) is 0 Å². The summed E-state index contributed by atoms with van der Waals surface area (Å²) in [5, 5.41) is 0. The lowest BCUT2D eigenvalue weighted by atomic mass is 9.84. The van der Waals surface area contributed by atoms with Gasteiger partial charge < -0.3 is 23.7 Å². The van der Waals surface area contributed by atoms with E-state index in [4.69, 9.17) is 23.7 Å². The summed E-state index contributed by atoms with van der Waals surface area (Å²) >= 11 is 4.59. The molecule has 0 bridgehead atoms. The number of alkyl halides is 2. The van der Waals surface area contributed by atoms with E-state index in [0.29, 0.717) is 13.2 Å². The van der Waals surface area contributed by atoms with E-state index in [1.165, 1.54) is 0 Å². The molecule has 0 aromatic carbocycles. The second kappa shape index (κ2) is 9.82. The minimum Gasteiger partial charge on any atom is -0.380 e. The van der Waals surface area contributed by atoms with E-state index in [1.807, 2.05) is 0 Å². The summed E-state index contributed by atoms with van der Waals surface area (Å²) in [5.74, 6) is 0. The molecule has 0 saturated carbocycles. The van der Waals surface area contributed by atoms with Crippen molar-refractivity contribution in [2.24, 2.45) is 10.8 Å². The Bertz CT molecular complexity index is 304. The van der Waals surface area contributed by atoms with Crippen molar-refractivity contribution in [2.75, 3.05) is 52.9 Å². The van der Waals surface area contributed by atoms with Gasteiger partial charge in [-0.2, -0.15) is 0 Å². The summed E-state index contributed by atoms with van der Waals surface area (Å²) in [5.41, 5.74) is 0.468. The predicted octanol–water partition coefficient (Wildman–Crippen LogP) is 3.41. The van der Waals surface area contributed by atoms with Crippen LogP contribution in [0.4, 0.5) is 0 Å². The largest absolute Gasteiger partial charge is 0.380 e. The van der Waals surface area contributed by atoms with E-state index in [9.17, 15) is 0 Å². The lowest BCUT2D eigenvalue weighted by molar-refractivity contribution is -0.159. The highest BCUT2D eigenvalue weighted by molar-refractivity contribution is 14.1. The second-order valence-corrected chi connectivity index (χ2v) is 9.45.